The minimum atomic E-state index is 0.588. The zero-order chi connectivity index (χ0) is 7.56. The molecule has 0 N–H and O–H groups in total. The third kappa shape index (κ3) is 1.09. The number of aromatic nitrogens is 2. The lowest BCUT2D eigenvalue weighted by atomic mass is 10.4. The molecule has 0 aliphatic carbocycles. The van der Waals surface area contributed by atoms with Crippen molar-refractivity contribution in [3.8, 4) is 0 Å². The van der Waals surface area contributed by atoms with Crippen LogP contribution in [0.2, 0.25) is 0 Å². The molecule has 0 aromatic carbocycles. The van der Waals surface area contributed by atoms with Gasteiger partial charge in [0.1, 0.15) is 0 Å². The van der Waals surface area contributed by atoms with Crippen LogP contribution < -0.4 is 0 Å². The van der Waals surface area contributed by atoms with Gasteiger partial charge in [-0.2, -0.15) is 5.10 Å². The SMILES string of the molecule is Cc1nn(C)cc1N=[N+]=[N-]. The van der Waals surface area contributed by atoms with Crippen molar-refractivity contribution in [3.05, 3.63) is 22.3 Å². The highest BCUT2D eigenvalue weighted by atomic mass is 15.3. The van der Waals surface area contributed by atoms with Gasteiger partial charge in [-0.3, -0.25) is 4.68 Å². The van der Waals surface area contributed by atoms with E-state index in [0.717, 1.165) is 5.69 Å². The van der Waals surface area contributed by atoms with Crippen LogP contribution in [0.15, 0.2) is 11.3 Å². The topological polar surface area (TPSA) is 66.6 Å². The molecule has 1 heterocycles. The molecule has 0 saturated heterocycles. The fourth-order valence-corrected chi connectivity index (χ4v) is 0.733. The van der Waals surface area contributed by atoms with Crippen molar-refractivity contribution in [2.45, 2.75) is 6.92 Å². The highest BCUT2D eigenvalue weighted by Crippen LogP contribution is 2.14. The van der Waals surface area contributed by atoms with Crippen LogP contribution in [-0.4, -0.2) is 9.78 Å². The summed E-state index contributed by atoms with van der Waals surface area (Å²) in [4.78, 5) is 2.65. The molecule has 5 nitrogen and oxygen atoms in total. The molecule has 10 heavy (non-hydrogen) atoms. The summed E-state index contributed by atoms with van der Waals surface area (Å²) in [5, 5.41) is 7.41. The van der Waals surface area contributed by atoms with E-state index in [2.05, 4.69) is 15.1 Å². The summed E-state index contributed by atoms with van der Waals surface area (Å²) in [7, 11) is 1.78. The fraction of sp³-hybridized carbons (Fsp3) is 0.400. The smallest absolute Gasteiger partial charge is 0.0784 e. The van der Waals surface area contributed by atoms with E-state index < -0.39 is 0 Å². The summed E-state index contributed by atoms with van der Waals surface area (Å²) in [6.07, 6.45) is 1.68. The molecule has 0 aliphatic heterocycles. The molecule has 0 aliphatic rings. The predicted octanol–water partition coefficient (Wildman–Crippen LogP) is 1.67. The molecule has 52 valence electrons. The van der Waals surface area contributed by atoms with Crippen molar-refractivity contribution in [2.24, 2.45) is 12.2 Å². The molecule has 0 unspecified atom stereocenters. The first-order chi connectivity index (χ1) is 4.74. The number of hydrogen-bond acceptors (Lipinski definition) is 2. The van der Waals surface area contributed by atoms with Crippen LogP contribution in [0.1, 0.15) is 5.69 Å². The Labute approximate surface area is 57.9 Å². The minimum Gasteiger partial charge on any atom is -0.275 e. The lowest BCUT2D eigenvalue weighted by Crippen LogP contribution is -1.86. The average molecular weight is 137 g/mol. The van der Waals surface area contributed by atoms with Crippen LogP contribution in [0, 0.1) is 6.92 Å². The van der Waals surface area contributed by atoms with Crippen LogP contribution in [0.25, 0.3) is 10.4 Å². The van der Waals surface area contributed by atoms with Gasteiger partial charge in [0.05, 0.1) is 11.4 Å². The van der Waals surface area contributed by atoms with Crippen LogP contribution in [0.3, 0.4) is 0 Å². The summed E-state index contributed by atoms with van der Waals surface area (Å²) in [6, 6.07) is 0. The number of rotatable bonds is 1. The number of nitrogens with zero attached hydrogens (tertiary/aromatic N) is 5. The molecule has 0 amide bonds. The molecule has 1 aromatic heterocycles. The second-order valence-electron chi connectivity index (χ2n) is 1.96. The molecule has 0 spiro atoms. The first-order valence-corrected chi connectivity index (χ1v) is 2.79. The molecule has 0 saturated carbocycles. The number of hydrogen-bond donors (Lipinski definition) is 0. The van der Waals surface area contributed by atoms with Gasteiger partial charge in [-0.15, -0.1) is 0 Å². The van der Waals surface area contributed by atoms with Gasteiger partial charge in [0, 0.05) is 18.2 Å². The third-order valence-electron chi connectivity index (χ3n) is 1.14. The second-order valence-corrected chi connectivity index (χ2v) is 1.96. The van der Waals surface area contributed by atoms with Gasteiger partial charge in [0.15, 0.2) is 0 Å². The van der Waals surface area contributed by atoms with E-state index in [1.807, 2.05) is 0 Å². The van der Waals surface area contributed by atoms with E-state index in [1.165, 1.54) is 0 Å². The molecular weight excluding hydrogens is 130 g/mol. The standard InChI is InChI=1S/C5H7N5/c1-4-5(7-9-6)3-10(2)8-4/h3H,1-2H3. The maximum Gasteiger partial charge on any atom is 0.0784 e. The van der Waals surface area contributed by atoms with Crippen molar-refractivity contribution < 1.29 is 0 Å². The lowest BCUT2D eigenvalue weighted by molar-refractivity contribution is 0.756. The largest absolute Gasteiger partial charge is 0.275 e. The molecule has 0 radical (unpaired) electrons. The van der Waals surface area contributed by atoms with Gasteiger partial charge in [0.25, 0.3) is 0 Å². The quantitative estimate of drug-likeness (QED) is 0.330. The van der Waals surface area contributed by atoms with E-state index in [-0.39, 0.29) is 0 Å². The van der Waals surface area contributed by atoms with E-state index >= 15 is 0 Å². The van der Waals surface area contributed by atoms with E-state index in [0.29, 0.717) is 5.69 Å². The van der Waals surface area contributed by atoms with Gasteiger partial charge in [-0.1, -0.05) is 5.11 Å². The zero-order valence-electron chi connectivity index (χ0n) is 5.81. The molecule has 0 atom stereocenters. The molecule has 5 heteroatoms. The second kappa shape index (κ2) is 2.41. The maximum atomic E-state index is 8.07. The Hall–Kier alpha value is -1.48. The van der Waals surface area contributed by atoms with Crippen LogP contribution in [0.5, 0.6) is 0 Å². The van der Waals surface area contributed by atoms with Gasteiger partial charge in [-0.05, 0) is 12.5 Å². The van der Waals surface area contributed by atoms with Crippen molar-refractivity contribution in [1.82, 2.24) is 9.78 Å². The Kier molecular flexibility index (Phi) is 1.60. The predicted molar refractivity (Wildman–Crippen MR) is 36.8 cm³/mol. The van der Waals surface area contributed by atoms with Gasteiger partial charge in [-0.25, -0.2) is 0 Å². The summed E-state index contributed by atoms with van der Waals surface area (Å²) in [5.74, 6) is 0. The third-order valence-corrected chi connectivity index (χ3v) is 1.14. The highest BCUT2D eigenvalue weighted by molar-refractivity contribution is 5.38. The Morgan fingerprint density at radius 2 is 2.50 bits per heavy atom. The Morgan fingerprint density at radius 3 is 2.90 bits per heavy atom. The van der Waals surface area contributed by atoms with Crippen molar-refractivity contribution >= 4 is 5.69 Å². The first kappa shape index (κ1) is 6.64. The van der Waals surface area contributed by atoms with Crippen LogP contribution in [-0.2, 0) is 7.05 Å². The van der Waals surface area contributed by atoms with E-state index in [1.54, 1.807) is 24.9 Å². The number of azide groups is 1. The minimum absolute atomic E-state index is 0.588. The summed E-state index contributed by atoms with van der Waals surface area (Å²) in [5.41, 5.74) is 9.41. The van der Waals surface area contributed by atoms with Crippen LogP contribution >= 0.6 is 0 Å². The van der Waals surface area contributed by atoms with Crippen molar-refractivity contribution in [3.63, 3.8) is 0 Å². The average Bonchev–Trinajstić information content (AvgIpc) is 2.13. The zero-order valence-corrected chi connectivity index (χ0v) is 5.81. The summed E-state index contributed by atoms with van der Waals surface area (Å²) in [6.45, 7) is 1.80. The van der Waals surface area contributed by atoms with Crippen molar-refractivity contribution in [1.29, 1.82) is 0 Å². The summed E-state index contributed by atoms with van der Waals surface area (Å²) >= 11 is 0. The highest BCUT2D eigenvalue weighted by Gasteiger charge is 1.97. The Morgan fingerprint density at radius 1 is 1.80 bits per heavy atom. The van der Waals surface area contributed by atoms with Gasteiger partial charge < -0.3 is 0 Å². The van der Waals surface area contributed by atoms with E-state index in [9.17, 15) is 0 Å². The normalized spacial score (nSPS) is 9.00. The molecular formula is C5H7N5. The van der Waals surface area contributed by atoms with Crippen molar-refractivity contribution in [2.75, 3.05) is 0 Å². The number of aryl methyl sites for hydroxylation is 2. The van der Waals surface area contributed by atoms with Gasteiger partial charge in [0.2, 0.25) is 0 Å². The molecule has 0 fully saturated rings. The molecule has 1 rings (SSSR count). The Bertz CT molecular complexity index is 280. The fourth-order valence-electron chi connectivity index (χ4n) is 0.733. The van der Waals surface area contributed by atoms with Crippen LogP contribution in [0.4, 0.5) is 5.69 Å². The molecule has 1 aromatic rings. The molecule has 0 bridgehead atoms. The van der Waals surface area contributed by atoms with E-state index in [4.69, 9.17) is 5.53 Å². The lowest BCUT2D eigenvalue weighted by Gasteiger charge is -1.79. The monoisotopic (exact) mass is 137 g/mol. The summed E-state index contributed by atoms with van der Waals surface area (Å²) < 4.78 is 1.61. The van der Waals surface area contributed by atoms with Gasteiger partial charge >= 0.3 is 0 Å². The Balaban J connectivity index is 3.14. The first-order valence-electron chi connectivity index (χ1n) is 2.79. The maximum absolute atomic E-state index is 8.07.